The van der Waals surface area contributed by atoms with Crippen LogP contribution in [0, 0.1) is 6.92 Å². The van der Waals surface area contributed by atoms with Crippen molar-refractivity contribution in [3.63, 3.8) is 0 Å². The smallest absolute Gasteiger partial charge is 0.283 e. The Labute approximate surface area is 70.8 Å². The van der Waals surface area contributed by atoms with Crippen LogP contribution in [0.2, 0.25) is 0 Å². The van der Waals surface area contributed by atoms with Crippen molar-refractivity contribution in [2.24, 2.45) is 0 Å². The molecule has 0 aliphatic carbocycles. The van der Waals surface area contributed by atoms with E-state index in [1.807, 2.05) is 0 Å². The summed E-state index contributed by atoms with van der Waals surface area (Å²) in [7, 11) is 0. The standard InChI is InChI=1S/C7H5F3OS/c1-4-2-3-5(12-4)6(11)7(8,9)10/h2-3H,1H3. The lowest BCUT2D eigenvalue weighted by molar-refractivity contribution is -0.0882. The van der Waals surface area contributed by atoms with Crippen LogP contribution in [0.1, 0.15) is 14.5 Å². The molecule has 66 valence electrons. The van der Waals surface area contributed by atoms with Crippen molar-refractivity contribution in [3.8, 4) is 0 Å². The topological polar surface area (TPSA) is 17.1 Å². The van der Waals surface area contributed by atoms with E-state index in [1.54, 1.807) is 6.92 Å². The molecule has 0 unspecified atom stereocenters. The quantitative estimate of drug-likeness (QED) is 0.628. The van der Waals surface area contributed by atoms with Crippen molar-refractivity contribution in [3.05, 3.63) is 21.9 Å². The number of hydrogen-bond acceptors (Lipinski definition) is 2. The first-order chi connectivity index (χ1) is 5.41. The van der Waals surface area contributed by atoms with Crippen molar-refractivity contribution >= 4 is 17.1 Å². The largest absolute Gasteiger partial charge is 0.455 e. The lowest BCUT2D eigenvalue weighted by Gasteiger charge is -2.00. The molecule has 0 spiro atoms. The minimum Gasteiger partial charge on any atom is -0.283 e. The van der Waals surface area contributed by atoms with Crippen molar-refractivity contribution in [1.82, 2.24) is 0 Å². The average Bonchev–Trinajstić information content (AvgIpc) is 2.32. The van der Waals surface area contributed by atoms with Crippen LogP contribution < -0.4 is 0 Å². The molecule has 1 heterocycles. The third kappa shape index (κ3) is 1.85. The molecule has 0 N–H and O–H groups in total. The monoisotopic (exact) mass is 194 g/mol. The molecule has 0 radical (unpaired) electrons. The van der Waals surface area contributed by atoms with E-state index in [4.69, 9.17) is 0 Å². The van der Waals surface area contributed by atoms with Crippen LogP contribution in [0.3, 0.4) is 0 Å². The molecule has 1 rings (SSSR count). The van der Waals surface area contributed by atoms with E-state index in [-0.39, 0.29) is 4.88 Å². The van der Waals surface area contributed by atoms with Gasteiger partial charge >= 0.3 is 6.18 Å². The molecule has 0 bridgehead atoms. The summed E-state index contributed by atoms with van der Waals surface area (Å²) < 4.78 is 35.4. The van der Waals surface area contributed by atoms with Crippen LogP contribution in [0.15, 0.2) is 12.1 Å². The second-order valence-electron chi connectivity index (χ2n) is 2.24. The normalized spacial score (nSPS) is 11.7. The van der Waals surface area contributed by atoms with E-state index in [9.17, 15) is 18.0 Å². The minimum absolute atomic E-state index is 0.250. The number of carbonyl (C=O) groups excluding carboxylic acids is 1. The van der Waals surface area contributed by atoms with Crippen molar-refractivity contribution in [2.75, 3.05) is 0 Å². The molecule has 5 heteroatoms. The molecule has 0 aromatic carbocycles. The summed E-state index contributed by atoms with van der Waals surface area (Å²) in [4.78, 5) is 11.0. The molecule has 0 saturated heterocycles. The number of thiophene rings is 1. The Bertz CT molecular complexity index is 300. The second-order valence-corrected chi connectivity index (χ2v) is 3.53. The molecular weight excluding hydrogens is 189 g/mol. The van der Waals surface area contributed by atoms with E-state index < -0.39 is 12.0 Å². The van der Waals surface area contributed by atoms with Gasteiger partial charge in [-0.25, -0.2) is 0 Å². The third-order valence-electron chi connectivity index (χ3n) is 1.22. The fraction of sp³-hybridized carbons (Fsp3) is 0.286. The zero-order chi connectivity index (χ0) is 9.35. The number of Topliss-reactive ketones (excluding diaryl/α,β-unsaturated/α-hetero) is 1. The predicted molar refractivity (Wildman–Crippen MR) is 39.4 cm³/mol. The fourth-order valence-electron chi connectivity index (χ4n) is 0.696. The molecule has 0 atom stereocenters. The van der Waals surface area contributed by atoms with E-state index >= 15 is 0 Å². The van der Waals surface area contributed by atoms with Gasteiger partial charge in [0.1, 0.15) is 0 Å². The predicted octanol–water partition coefficient (Wildman–Crippen LogP) is 2.80. The SMILES string of the molecule is Cc1ccc(C(=O)C(F)(F)F)s1. The zero-order valence-corrected chi connectivity index (χ0v) is 6.92. The Kier molecular flexibility index (Phi) is 2.23. The molecule has 12 heavy (non-hydrogen) atoms. The summed E-state index contributed by atoms with van der Waals surface area (Å²) in [6.07, 6.45) is -4.75. The Morgan fingerprint density at radius 3 is 2.33 bits per heavy atom. The molecule has 0 aliphatic rings. The number of alkyl halides is 3. The van der Waals surface area contributed by atoms with Crippen molar-refractivity contribution in [2.45, 2.75) is 13.1 Å². The first-order valence-electron chi connectivity index (χ1n) is 3.09. The first kappa shape index (κ1) is 9.25. The summed E-state index contributed by atoms with van der Waals surface area (Å²) >= 11 is 0.853. The maximum atomic E-state index is 11.8. The number of carbonyl (C=O) groups is 1. The van der Waals surface area contributed by atoms with Gasteiger partial charge in [-0.1, -0.05) is 0 Å². The highest BCUT2D eigenvalue weighted by atomic mass is 32.1. The number of halogens is 3. The van der Waals surface area contributed by atoms with Crippen LogP contribution in [-0.4, -0.2) is 12.0 Å². The van der Waals surface area contributed by atoms with E-state index in [2.05, 4.69) is 0 Å². The van der Waals surface area contributed by atoms with Crippen LogP contribution in [-0.2, 0) is 0 Å². The van der Waals surface area contributed by atoms with Gasteiger partial charge < -0.3 is 0 Å². The van der Waals surface area contributed by atoms with Gasteiger partial charge in [0.25, 0.3) is 5.78 Å². The maximum Gasteiger partial charge on any atom is 0.455 e. The highest BCUT2D eigenvalue weighted by Gasteiger charge is 2.39. The van der Waals surface area contributed by atoms with Crippen LogP contribution in [0.5, 0.6) is 0 Å². The maximum absolute atomic E-state index is 11.8. The zero-order valence-electron chi connectivity index (χ0n) is 6.11. The highest BCUT2D eigenvalue weighted by molar-refractivity contribution is 7.14. The molecule has 0 fully saturated rings. The number of hydrogen-bond donors (Lipinski definition) is 0. The first-order valence-corrected chi connectivity index (χ1v) is 3.91. The Hall–Kier alpha value is -0.840. The number of aryl methyl sites for hydroxylation is 1. The van der Waals surface area contributed by atoms with Crippen LogP contribution in [0.4, 0.5) is 13.2 Å². The minimum atomic E-state index is -4.75. The van der Waals surface area contributed by atoms with Gasteiger partial charge in [0.15, 0.2) is 0 Å². The second kappa shape index (κ2) is 2.90. The molecule has 0 amide bonds. The third-order valence-corrected chi connectivity index (χ3v) is 2.22. The van der Waals surface area contributed by atoms with E-state index in [1.165, 1.54) is 12.1 Å². The number of rotatable bonds is 1. The number of ketones is 1. The summed E-state index contributed by atoms with van der Waals surface area (Å²) in [5.74, 6) is -1.76. The van der Waals surface area contributed by atoms with Crippen LogP contribution >= 0.6 is 11.3 Å². The molecular formula is C7H5F3OS. The highest BCUT2D eigenvalue weighted by Crippen LogP contribution is 2.25. The van der Waals surface area contributed by atoms with Gasteiger partial charge in [-0.15, -0.1) is 11.3 Å². The lowest BCUT2D eigenvalue weighted by Crippen LogP contribution is -2.21. The molecule has 0 saturated carbocycles. The fourth-order valence-corrected chi connectivity index (χ4v) is 1.52. The summed E-state index contributed by atoms with van der Waals surface area (Å²) in [5, 5.41) is 0. The summed E-state index contributed by atoms with van der Waals surface area (Å²) in [6.45, 7) is 1.65. The van der Waals surface area contributed by atoms with Crippen molar-refractivity contribution < 1.29 is 18.0 Å². The molecule has 1 aromatic rings. The Balaban J connectivity index is 2.93. The Morgan fingerprint density at radius 1 is 1.42 bits per heavy atom. The molecule has 1 nitrogen and oxygen atoms in total. The van der Waals surface area contributed by atoms with E-state index in [0.29, 0.717) is 4.88 Å². The van der Waals surface area contributed by atoms with Gasteiger partial charge in [0, 0.05) is 4.88 Å². The van der Waals surface area contributed by atoms with Gasteiger partial charge in [0.05, 0.1) is 4.88 Å². The van der Waals surface area contributed by atoms with Gasteiger partial charge in [-0.05, 0) is 19.1 Å². The van der Waals surface area contributed by atoms with Crippen molar-refractivity contribution in [1.29, 1.82) is 0 Å². The summed E-state index contributed by atoms with van der Waals surface area (Å²) in [5.41, 5.74) is 0. The Morgan fingerprint density at radius 2 is 2.00 bits per heavy atom. The van der Waals surface area contributed by atoms with Gasteiger partial charge in [0.2, 0.25) is 0 Å². The van der Waals surface area contributed by atoms with Gasteiger partial charge in [-0.2, -0.15) is 13.2 Å². The van der Waals surface area contributed by atoms with Crippen LogP contribution in [0.25, 0.3) is 0 Å². The van der Waals surface area contributed by atoms with Gasteiger partial charge in [-0.3, -0.25) is 4.79 Å². The molecule has 1 aromatic heterocycles. The molecule has 0 aliphatic heterocycles. The van der Waals surface area contributed by atoms with E-state index in [0.717, 1.165) is 11.3 Å². The lowest BCUT2D eigenvalue weighted by atomic mass is 10.3. The summed E-state index contributed by atoms with van der Waals surface area (Å²) in [6, 6.07) is 2.68. The average molecular weight is 194 g/mol.